The van der Waals surface area contributed by atoms with Gasteiger partial charge in [-0.25, -0.2) is 4.79 Å². The number of nitrogens with one attached hydrogen (secondary N) is 1. The van der Waals surface area contributed by atoms with Crippen molar-refractivity contribution >= 4 is 6.03 Å². The minimum atomic E-state index is 0.0168. The molecule has 42 heavy (non-hydrogen) atoms. The number of para-hydroxylation sites is 1. The standard InChI is InChI=1S/C35H44N4O3/c1-36-29-16-21-39(31(23-29)26-10-4-3-5-11-26)34(41)38-20-15-28(35(25-38)17-8-9-18-35)24-37-19-14-27(22-33(37)40)30-12-6-7-13-32(30)42-2/h3-7,10-14,19,22,28-29,31,36H,8-9,15-18,20-21,23-25H2,1-2H3/t28-,29+,31-/m0/s1. The van der Waals surface area contributed by atoms with E-state index in [1.165, 1.54) is 18.4 Å². The molecule has 2 amide bonds. The van der Waals surface area contributed by atoms with Gasteiger partial charge in [0.05, 0.1) is 13.2 Å². The highest BCUT2D eigenvalue weighted by Crippen LogP contribution is 2.49. The van der Waals surface area contributed by atoms with Crippen LogP contribution in [-0.2, 0) is 6.54 Å². The predicted molar refractivity (Wildman–Crippen MR) is 167 cm³/mol. The maximum Gasteiger partial charge on any atom is 0.320 e. The zero-order valence-electron chi connectivity index (χ0n) is 25.0. The summed E-state index contributed by atoms with van der Waals surface area (Å²) >= 11 is 0. The molecule has 0 bridgehead atoms. The van der Waals surface area contributed by atoms with Gasteiger partial charge in [0.25, 0.3) is 5.56 Å². The van der Waals surface area contributed by atoms with Crippen molar-refractivity contribution in [3.8, 4) is 16.9 Å². The van der Waals surface area contributed by atoms with E-state index >= 15 is 0 Å². The summed E-state index contributed by atoms with van der Waals surface area (Å²) in [5, 5.41) is 3.45. The number of hydrogen-bond acceptors (Lipinski definition) is 4. The molecule has 1 saturated carbocycles. The first-order valence-corrected chi connectivity index (χ1v) is 15.6. The average molecular weight is 569 g/mol. The molecule has 3 heterocycles. The monoisotopic (exact) mass is 568 g/mol. The number of piperidine rings is 2. The van der Waals surface area contributed by atoms with Crippen LogP contribution in [0.3, 0.4) is 0 Å². The molecule has 0 unspecified atom stereocenters. The maximum atomic E-state index is 14.2. The number of amides is 2. The number of carbonyl (C=O) groups excluding carboxylic acids is 1. The second-order valence-corrected chi connectivity index (χ2v) is 12.5. The van der Waals surface area contributed by atoms with E-state index in [1.54, 1.807) is 13.2 Å². The van der Waals surface area contributed by atoms with Crippen molar-refractivity contribution in [2.24, 2.45) is 11.3 Å². The lowest BCUT2D eigenvalue weighted by Crippen LogP contribution is -2.56. The lowest BCUT2D eigenvalue weighted by atomic mass is 9.69. The molecule has 7 heteroatoms. The molecule has 222 valence electrons. The summed E-state index contributed by atoms with van der Waals surface area (Å²) in [6.45, 7) is 3.00. The number of methoxy groups -OCH3 is 1. The van der Waals surface area contributed by atoms with Crippen LogP contribution in [0.1, 0.15) is 56.6 Å². The Morgan fingerprint density at radius 1 is 1.00 bits per heavy atom. The SMILES string of the molecule is CN[C@@H]1CCN(C(=O)N2CC[C@@H](Cn3ccc(-c4ccccc4OC)cc3=O)C3(CCCC3)C2)[C@H](c2ccccc2)C1. The molecule has 3 aliphatic rings. The zero-order chi connectivity index (χ0) is 29.1. The topological polar surface area (TPSA) is 66.8 Å². The smallest absolute Gasteiger partial charge is 0.320 e. The highest BCUT2D eigenvalue weighted by molar-refractivity contribution is 5.75. The third kappa shape index (κ3) is 5.59. The Morgan fingerprint density at radius 2 is 1.76 bits per heavy atom. The Kier molecular flexibility index (Phi) is 8.38. The van der Waals surface area contributed by atoms with Gasteiger partial charge in [0.1, 0.15) is 5.75 Å². The molecule has 2 aliphatic heterocycles. The van der Waals surface area contributed by atoms with Crippen molar-refractivity contribution in [1.82, 2.24) is 19.7 Å². The van der Waals surface area contributed by atoms with E-state index in [1.807, 2.05) is 54.2 Å². The number of aromatic nitrogens is 1. The molecule has 3 fully saturated rings. The van der Waals surface area contributed by atoms with Crippen LogP contribution in [0.2, 0.25) is 0 Å². The second kappa shape index (κ2) is 12.3. The number of urea groups is 1. The van der Waals surface area contributed by atoms with Gasteiger partial charge in [-0.2, -0.15) is 0 Å². The summed E-state index contributed by atoms with van der Waals surface area (Å²) in [5.74, 6) is 1.14. The van der Waals surface area contributed by atoms with Crippen LogP contribution in [0, 0.1) is 11.3 Å². The van der Waals surface area contributed by atoms with Crippen molar-refractivity contribution in [3.05, 3.63) is 88.8 Å². The third-order valence-corrected chi connectivity index (χ3v) is 10.3. The van der Waals surface area contributed by atoms with E-state index < -0.39 is 0 Å². The van der Waals surface area contributed by atoms with Crippen LogP contribution < -0.4 is 15.6 Å². The highest BCUT2D eigenvalue weighted by Gasteiger charge is 2.47. The Bertz CT molecular complexity index is 1430. The van der Waals surface area contributed by atoms with Crippen molar-refractivity contribution < 1.29 is 9.53 Å². The van der Waals surface area contributed by atoms with E-state index in [4.69, 9.17) is 4.74 Å². The molecule has 1 N–H and O–H groups in total. The van der Waals surface area contributed by atoms with E-state index in [-0.39, 0.29) is 23.0 Å². The predicted octanol–water partition coefficient (Wildman–Crippen LogP) is 5.95. The normalized spacial score (nSPS) is 23.7. The number of nitrogens with zero attached hydrogens (tertiary/aromatic N) is 3. The molecule has 2 saturated heterocycles. The van der Waals surface area contributed by atoms with Gasteiger partial charge < -0.3 is 24.4 Å². The van der Waals surface area contributed by atoms with E-state index in [9.17, 15) is 9.59 Å². The Hall–Kier alpha value is -3.58. The minimum Gasteiger partial charge on any atom is -0.496 e. The summed E-state index contributed by atoms with van der Waals surface area (Å²) < 4.78 is 7.41. The molecule has 1 aliphatic carbocycles. The van der Waals surface area contributed by atoms with Crippen molar-refractivity contribution in [3.63, 3.8) is 0 Å². The van der Waals surface area contributed by atoms with Crippen LogP contribution in [0.4, 0.5) is 4.79 Å². The molecule has 7 nitrogen and oxygen atoms in total. The van der Waals surface area contributed by atoms with E-state index in [0.717, 1.165) is 68.6 Å². The van der Waals surface area contributed by atoms with Crippen molar-refractivity contribution in [2.45, 2.75) is 63.6 Å². The van der Waals surface area contributed by atoms with Gasteiger partial charge in [-0.3, -0.25) is 4.79 Å². The molecule has 3 atom stereocenters. The van der Waals surface area contributed by atoms with E-state index in [0.29, 0.717) is 18.5 Å². The zero-order valence-corrected chi connectivity index (χ0v) is 25.0. The molecular weight excluding hydrogens is 524 g/mol. The van der Waals surface area contributed by atoms with Gasteiger partial charge in [-0.15, -0.1) is 0 Å². The van der Waals surface area contributed by atoms with Gasteiger partial charge in [-0.05, 0) is 73.7 Å². The molecule has 0 radical (unpaired) electrons. The summed E-state index contributed by atoms with van der Waals surface area (Å²) in [7, 11) is 3.68. The summed E-state index contributed by atoms with van der Waals surface area (Å²) in [5.41, 5.74) is 3.10. The lowest BCUT2D eigenvalue weighted by molar-refractivity contribution is 0.0209. The van der Waals surface area contributed by atoms with Gasteiger partial charge >= 0.3 is 6.03 Å². The highest BCUT2D eigenvalue weighted by atomic mass is 16.5. The molecular formula is C35H44N4O3. The van der Waals surface area contributed by atoms with Crippen LogP contribution in [-0.4, -0.2) is 60.2 Å². The fourth-order valence-corrected chi connectivity index (χ4v) is 7.88. The summed E-state index contributed by atoms with van der Waals surface area (Å²) in [6.07, 6.45) is 9.41. The number of pyridine rings is 1. The van der Waals surface area contributed by atoms with Gasteiger partial charge in [0, 0.05) is 50.0 Å². The fraction of sp³-hybridized carbons (Fsp3) is 0.486. The van der Waals surface area contributed by atoms with Gasteiger partial charge in [0.15, 0.2) is 0 Å². The molecule has 2 aromatic carbocycles. The first-order valence-electron chi connectivity index (χ1n) is 15.6. The van der Waals surface area contributed by atoms with Gasteiger partial charge in [-0.1, -0.05) is 61.4 Å². The minimum absolute atomic E-state index is 0.0168. The first-order chi connectivity index (χ1) is 20.5. The molecule has 3 aromatic rings. The molecule has 6 rings (SSSR count). The van der Waals surface area contributed by atoms with Crippen molar-refractivity contribution in [2.75, 3.05) is 33.8 Å². The Balaban J connectivity index is 1.20. The number of rotatable bonds is 6. The summed E-state index contributed by atoms with van der Waals surface area (Å²) in [4.78, 5) is 31.8. The van der Waals surface area contributed by atoms with Gasteiger partial charge in [0.2, 0.25) is 0 Å². The first kappa shape index (κ1) is 28.5. The van der Waals surface area contributed by atoms with E-state index in [2.05, 4.69) is 39.4 Å². The quantitative estimate of drug-likeness (QED) is 0.399. The number of hydrogen-bond donors (Lipinski definition) is 1. The second-order valence-electron chi connectivity index (χ2n) is 12.5. The number of carbonyl (C=O) groups is 1. The molecule has 1 aromatic heterocycles. The molecule has 1 spiro atoms. The largest absolute Gasteiger partial charge is 0.496 e. The number of likely N-dealkylation sites (tertiary alicyclic amines) is 2. The maximum absolute atomic E-state index is 14.2. The average Bonchev–Trinajstić information content (AvgIpc) is 3.51. The Morgan fingerprint density at radius 3 is 2.50 bits per heavy atom. The lowest BCUT2D eigenvalue weighted by Gasteiger charge is -2.49. The van der Waals surface area contributed by atoms with Crippen molar-refractivity contribution in [1.29, 1.82) is 0 Å². The van der Waals surface area contributed by atoms with Crippen LogP contribution in [0.5, 0.6) is 5.75 Å². The third-order valence-electron chi connectivity index (χ3n) is 10.3. The number of ether oxygens (including phenoxy) is 1. The number of benzene rings is 2. The summed E-state index contributed by atoms with van der Waals surface area (Å²) in [6, 6.07) is 22.8. The fourth-order valence-electron chi connectivity index (χ4n) is 7.88. The van der Waals surface area contributed by atoms with Crippen LogP contribution in [0.25, 0.3) is 11.1 Å². The Labute approximate surface area is 249 Å². The van der Waals surface area contributed by atoms with Crippen LogP contribution in [0.15, 0.2) is 77.7 Å². The van der Waals surface area contributed by atoms with Crippen LogP contribution >= 0.6 is 0 Å².